The van der Waals surface area contributed by atoms with Crippen LogP contribution in [0.2, 0.25) is 0 Å². The Bertz CT molecular complexity index is 1780. The third-order valence-electron chi connectivity index (χ3n) is 5.69. The maximum atomic E-state index is 13.0. The molecule has 0 N–H and O–H groups in total. The van der Waals surface area contributed by atoms with Crippen LogP contribution in [0.4, 0.5) is 0 Å². The molecule has 3 aromatic carbocycles. The lowest BCUT2D eigenvalue weighted by Crippen LogP contribution is -2.09. The van der Waals surface area contributed by atoms with Crippen LogP contribution in [0.15, 0.2) is 85.4 Å². The fraction of sp³-hybridized carbons (Fsp3) is 0.107. The predicted molar refractivity (Wildman–Crippen MR) is 134 cm³/mol. The number of carbonyl (C=O) groups excluding carboxylic acids is 1. The highest BCUT2D eigenvalue weighted by Crippen LogP contribution is 2.29. The molecule has 9 nitrogen and oxygen atoms in total. The van der Waals surface area contributed by atoms with Crippen molar-refractivity contribution in [2.45, 2.75) is 6.92 Å². The van der Waals surface area contributed by atoms with Crippen molar-refractivity contribution in [3.05, 3.63) is 98.7 Å². The van der Waals surface area contributed by atoms with E-state index in [0.29, 0.717) is 22.8 Å². The summed E-state index contributed by atoms with van der Waals surface area (Å²) in [5, 5.41) is 0.985. The smallest absolute Gasteiger partial charge is 0.343 e. The van der Waals surface area contributed by atoms with E-state index >= 15 is 0 Å². The molecule has 186 valence electrons. The standard InChI is InChI=1S/C28H20O9/c1-15-10-26(29)37-23-13-17(5-7-19(15)23)35-25-14-34-22-12-18(6-8-20(22)27(25)30)36-28(31)16-4-9-21(32-2)24(11-16)33-3/h4-14H,1-3H3. The lowest BCUT2D eigenvalue weighted by molar-refractivity contribution is 0.0734. The third kappa shape index (κ3) is 4.62. The molecule has 0 spiro atoms. The van der Waals surface area contributed by atoms with Crippen LogP contribution in [-0.2, 0) is 0 Å². The van der Waals surface area contributed by atoms with Crippen LogP contribution in [0.5, 0.6) is 28.7 Å². The van der Waals surface area contributed by atoms with Gasteiger partial charge in [0.2, 0.25) is 11.2 Å². The zero-order valence-corrected chi connectivity index (χ0v) is 20.0. The molecule has 0 saturated carbocycles. The monoisotopic (exact) mass is 500 g/mol. The fourth-order valence-electron chi connectivity index (χ4n) is 3.85. The van der Waals surface area contributed by atoms with E-state index in [1.807, 2.05) is 0 Å². The molecular weight excluding hydrogens is 480 g/mol. The van der Waals surface area contributed by atoms with Gasteiger partial charge in [-0.25, -0.2) is 9.59 Å². The van der Waals surface area contributed by atoms with Gasteiger partial charge in [0.25, 0.3) is 0 Å². The normalized spacial score (nSPS) is 10.9. The fourth-order valence-corrected chi connectivity index (χ4v) is 3.85. The number of ether oxygens (including phenoxy) is 4. The SMILES string of the molecule is COc1ccc(C(=O)Oc2ccc3c(=O)c(Oc4ccc5c(C)cc(=O)oc5c4)coc3c2)cc1OC. The van der Waals surface area contributed by atoms with Crippen molar-refractivity contribution in [3.8, 4) is 28.7 Å². The van der Waals surface area contributed by atoms with Gasteiger partial charge in [-0.1, -0.05) is 0 Å². The Hall–Kier alpha value is -5.05. The molecule has 0 saturated heterocycles. The van der Waals surface area contributed by atoms with Gasteiger partial charge < -0.3 is 27.8 Å². The van der Waals surface area contributed by atoms with Gasteiger partial charge >= 0.3 is 11.6 Å². The highest BCUT2D eigenvalue weighted by atomic mass is 16.5. The summed E-state index contributed by atoms with van der Waals surface area (Å²) in [6.07, 6.45) is 1.17. The number of carbonyl (C=O) groups is 1. The second kappa shape index (κ2) is 9.54. The first-order chi connectivity index (χ1) is 17.9. The van der Waals surface area contributed by atoms with Crippen molar-refractivity contribution < 1.29 is 32.6 Å². The average molecular weight is 500 g/mol. The predicted octanol–water partition coefficient (Wildman–Crippen LogP) is 5.24. The van der Waals surface area contributed by atoms with Crippen molar-refractivity contribution >= 4 is 27.9 Å². The quantitative estimate of drug-likeness (QED) is 0.175. The first-order valence-electron chi connectivity index (χ1n) is 11.1. The van der Waals surface area contributed by atoms with Gasteiger partial charge in [-0.3, -0.25) is 4.79 Å². The molecule has 0 bridgehead atoms. The summed E-state index contributed by atoms with van der Waals surface area (Å²) in [4.78, 5) is 37.3. The third-order valence-corrected chi connectivity index (χ3v) is 5.69. The number of methoxy groups -OCH3 is 2. The Labute approximate surface area is 209 Å². The van der Waals surface area contributed by atoms with Crippen molar-refractivity contribution in [2.75, 3.05) is 14.2 Å². The maximum absolute atomic E-state index is 13.0. The second-order valence-corrected chi connectivity index (χ2v) is 8.05. The Balaban J connectivity index is 1.39. The number of aryl methyl sites for hydroxylation is 1. The molecule has 0 aliphatic heterocycles. The second-order valence-electron chi connectivity index (χ2n) is 8.05. The van der Waals surface area contributed by atoms with Crippen LogP contribution in [0.25, 0.3) is 21.9 Å². The number of hydrogen-bond donors (Lipinski definition) is 0. The topological polar surface area (TPSA) is 114 Å². The number of rotatable bonds is 6. The van der Waals surface area contributed by atoms with E-state index in [2.05, 4.69) is 0 Å². The van der Waals surface area contributed by atoms with E-state index in [1.165, 1.54) is 56.9 Å². The minimum Gasteiger partial charge on any atom is -0.493 e. The molecule has 0 aliphatic rings. The van der Waals surface area contributed by atoms with Crippen molar-refractivity contribution in [3.63, 3.8) is 0 Å². The molecule has 5 rings (SSSR count). The molecule has 0 fully saturated rings. The molecule has 0 atom stereocenters. The van der Waals surface area contributed by atoms with Crippen LogP contribution in [0.3, 0.4) is 0 Å². The van der Waals surface area contributed by atoms with Gasteiger partial charge in [0, 0.05) is 23.6 Å². The maximum Gasteiger partial charge on any atom is 0.343 e. The lowest BCUT2D eigenvalue weighted by Gasteiger charge is -2.10. The van der Waals surface area contributed by atoms with Crippen LogP contribution < -0.4 is 30.0 Å². The van der Waals surface area contributed by atoms with Crippen LogP contribution in [-0.4, -0.2) is 20.2 Å². The average Bonchev–Trinajstić information content (AvgIpc) is 2.89. The summed E-state index contributed by atoms with van der Waals surface area (Å²) in [6.45, 7) is 1.80. The van der Waals surface area contributed by atoms with Crippen LogP contribution >= 0.6 is 0 Å². The Morgan fingerprint density at radius 3 is 2.27 bits per heavy atom. The highest BCUT2D eigenvalue weighted by molar-refractivity contribution is 5.92. The number of hydrogen-bond acceptors (Lipinski definition) is 9. The molecule has 0 radical (unpaired) electrons. The summed E-state index contributed by atoms with van der Waals surface area (Å²) >= 11 is 0. The van der Waals surface area contributed by atoms with E-state index in [9.17, 15) is 14.4 Å². The largest absolute Gasteiger partial charge is 0.493 e. The van der Waals surface area contributed by atoms with Gasteiger partial charge in [-0.2, -0.15) is 0 Å². The van der Waals surface area contributed by atoms with Crippen molar-refractivity contribution in [1.82, 2.24) is 0 Å². The number of esters is 1. The van der Waals surface area contributed by atoms with Crippen LogP contribution in [0, 0.1) is 6.92 Å². The molecule has 0 unspecified atom stereocenters. The Kier molecular flexibility index (Phi) is 6.10. The minimum absolute atomic E-state index is 0.0584. The molecule has 2 heterocycles. The molecule has 2 aromatic heterocycles. The van der Waals surface area contributed by atoms with E-state index in [-0.39, 0.29) is 28.0 Å². The summed E-state index contributed by atoms with van der Waals surface area (Å²) < 4.78 is 32.4. The van der Waals surface area contributed by atoms with Gasteiger partial charge in [0.15, 0.2) is 11.5 Å². The highest BCUT2D eigenvalue weighted by Gasteiger charge is 2.15. The number of fused-ring (bicyclic) bond motifs is 2. The van der Waals surface area contributed by atoms with Crippen molar-refractivity contribution in [2.24, 2.45) is 0 Å². The zero-order valence-electron chi connectivity index (χ0n) is 20.0. The van der Waals surface area contributed by atoms with E-state index in [4.69, 9.17) is 27.8 Å². The first kappa shape index (κ1) is 23.7. The molecule has 0 aliphatic carbocycles. The van der Waals surface area contributed by atoms with E-state index in [0.717, 1.165) is 10.9 Å². The van der Waals surface area contributed by atoms with Gasteiger partial charge in [-0.05, 0) is 55.0 Å². The molecule has 37 heavy (non-hydrogen) atoms. The van der Waals surface area contributed by atoms with E-state index in [1.54, 1.807) is 31.2 Å². The molecule has 5 aromatic rings. The summed E-state index contributed by atoms with van der Waals surface area (Å²) in [6, 6.07) is 15.4. The summed E-state index contributed by atoms with van der Waals surface area (Å²) in [5.41, 5.74) is 0.665. The van der Waals surface area contributed by atoms with Gasteiger partial charge in [-0.15, -0.1) is 0 Å². The molecule has 9 heteroatoms. The number of benzene rings is 3. The van der Waals surface area contributed by atoms with E-state index < -0.39 is 17.0 Å². The summed E-state index contributed by atoms with van der Waals surface area (Å²) in [7, 11) is 2.96. The lowest BCUT2D eigenvalue weighted by atomic mass is 10.1. The zero-order chi connectivity index (χ0) is 26.1. The Morgan fingerprint density at radius 1 is 0.757 bits per heavy atom. The Morgan fingerprint density at radius 2 is 1.49 bits per heavy atom. The van der Waals surface area contributed by atoms with Gasteiger partial charge in [0.1, 0.15) is 28.9 Å². The summed E-state index contributed by atoms with van der Waals surface area (Å²) in [5.74, 6) is 0.667. The van der Waals surface area contributed by atoms with Crippen LogP contribution in [0.1, 0.15) is 15.9 Å². The van der Waals surface area contributed by atoms with Gasteiger partial charge in [0.05, 0.1) is 25.2 Å². The first-order valence-corrected chi connectivity index (χ1v) is 11.1. The minimum atomic E-state index is -0.624. The molecular formula is C28H20O9. The molecule has 0 amide bonds. The van der Waals surface area contributed by atoms with Crippen molar-refractivity contribution in [1.29, 1.82) is 0 Å².